The summed E-state index contributed by atoms with van der Waals surface area (Å²) in [5.74, 6) is 1.43. The summed E-state index contributed by atoms with van der Waals surface area (Å²) in [7, 11) is -2.85. The van der Waals surface area contributed by atoms with Gasteiger partial charge < -0.3 is 5.73 Å². The molecule has 0 aromatic heterocycles. The number of hydrogen-bond acceptors (Lipinski definition) is 4. The van der Waals surface area contributed by atoms with Gasteiger partial charge in [0.15, 0.2) is 9.84 Å². The fraction of sp³-hybridized carbons (Fsp3) is 1.00. The molecular weight excluding hydrogens is 236 g/mol. The number of sulfone groups is 1. The van der Waals surface area contributed by atoms with E-state index in [4.69, 9.17) is 5.73 Å². The normalized spacial score (nSPS) is 36.6. The highest BCUT2D eigenvalue weighted by Crippen LogP contribution is 2.42. The smallest absolute Gasteiger partial charge is 0.152 e. The van der Waals surface area contributed by atoms with Crippen molar-refractivity contribution in [3.8, 4) is 0 Å². The molecule has 2 saturated carbocycles. The summed E-state index contributed by atoms with van der Waals surface area (Å²) in [6, 6.07) is 0.618. The first-order chi connectivity index (χ1) is 8.05. The van der Waals surface area contributed by atoms with Crippen LogP contribution in [0.4, 0.5) is 0 Å². The third-order valence-electron chi connectivity index (χ3n) is 4.50. The molecule has 1 atom stereocenters. The van der Waals surface area contributed by atoms with Crippen LogP contribution >= 0.6 is 0 Å². The van der Waals surface area contributed by atoms with Gasteiger partial charge in [-0.3, -0.25) is 4.90 Å². The van der Waals surface area contributed by atoms with E-state index in [0.717, 1.165) is 18.9 Å². The molecule has 0 aromatic carbocycles. The largest absolute Gasteiger partial charge is 0.329 e. The van der Waals surface area contributed by atoms with Crippen molar-refractivity contribution in [3.05, 3.63) is 0 Å². The predicted molar refractivity (Wildman–Crippen MR) is 67.5 cm³/mol. The van der Waals surface area contributed by atoms with Crippen LogP contribution in [-0.4, -0.2) is 49.5 Å². The van der Waals surface area contributed by atoms with Gasteiger partial charge in [0.2, 0.25) is 0 Å². The number of hydrogen-bond donors (Lipinski definition) is 1. The topological polar surface area (TPSA) is 63.4 Å². The lowest BCUT2D eigenvalue weighted by molar-refractivity contribution is 0.100. The highest BCUT2D eigenvalue weighted by Gasteiger charge is 2.50. The van der Waals surface area contributed by atoms with E-state index in [0.29, 0.717) is 24.1 Å². The van der Waals surface area contributed by atoms with Crippen molar-refractivity contribution in [1.82, 2.24) is 4.90 Å². The first-order valence-corrected chi connectivity index (χ1v) is 8.54. The minimum absolute atomic E-state index is 0.234. The quantitative estimate of drug-likeness (QED) is 0.774. The van der Waals surface area contributed by atoms with Gasteiger partial charge >= 0.3 is 0 Å². The molecule has 1 aliphatic heterocycles. The van der Waals surface area contributed by atoms with E-state index in [1.807, 2.05) is 0 Å². The van der Waals surface area contributed by atoms with E-state index in [-0.39, 0.29) is 5.54 Å². The number of nitrogens with zero attached hydrogens (tertiary/aromatic N) is 1. The average Bonchev–Trinajstić information content (AvgIpc) is 3.13. The van der Waals surface area contributed by atoms with Crippen LogP contribution in [0.15, 0.2) is 0 Å². The first kappa shape index (κ1) is 11.9. The average molecular weight is 258 g/mol. The van der Waals surface area contributed by atoms with Crippen molar-refractivity contribution in [2.24, 2.45) is 11.7 Å². The van der Waals surface area contributed by atoms with Gasteiger partial charge in [-0.2, -0.15) is 0 Å². The van der Waals surface area contributed by atoms with Gasteiger partial charge in [0, 0.05) is 24.7 Å². The lowest BCUT2D eigenvalue weighted by Crippen LogP contribution is -2.56. The van der Waals surface area contributed by atoms with Gasteiger partial charge in [-0.25, -0.2) is 8.42 Å². The molecule has 1 heterocycles. The fourth-order valence-electron chi connectivity index (χ4n) is 3.10. The molecule has 98 valence electrons. The molecular formula is C12H22N2O2S. The predicted octanol–water partition coefficient (Wildman–Crippen LogP) is 0.377. The summed E-state index contributed by atoms with van der Waals surface area (Å²) in [6.07, 6.45) is 5.84. The molecule has 5 heteroatoms. The molecule has 0 aromatic rings. The highest BCUT2D eigenvalue weighted by atomic mass is 32.2. The second-order valence-corrected chi connectivity index (χ2v) is 8.28. The molecule has 2 aliphatic carbocycles. The highest BCUT2D eigenvalue weighted by molar-refractivity contribution is 7.91. The molecule has 3 aliphatic rings. The monoisotopic (exact) mass is 258 g/mol. The molecule has 3 rings (SSSR count). The second-order valence-electron chi connectivity index (χ2n) is 6.10. The van der Waals surface area contributed by atoms with Crippen LogP contribution in [0, 0.1) is 5.92 Å². The van der Waals surface area contributed by atoms with Gasteiger partial charge in [-0.15, -0.1) is 0 Å². The lowest BCUT2D eigenvalue weighted by Gasteiger charge is -2.40. The Kier molecular flexibility index (Phi) is 2.76. The van der Waals surface area contributed by atoms with Crippen molar-refractivity contribution < 1.29 is 8.42 Å². The standard InChI is InChI=1S/C12H22N2O2S/c13-8-12(5-6-17(15,16)9-12)14(11-3-4-11)7-10-1-2-10/h10-11H,1-9,13H2. The molecule has 2 N–H and O–H groups in total. The van der Waals surface area contributed by atoms with Crippen molar-refractivity contribution in [3.63, 3.8) is 0 Å². The summed E-state index contributed by atoms with van der Waals surface area (Å²) in [4.78, 5) is 2.47. The zero-order chi connectivity index (χ0) is 12.1. The van der Waals surface area contributed by atoms with Crippen molar-refractivity contribution in [1.29, 1.82) is 0 Å². The maximum atomic E-state index is 11.8. The Morgan fingerprint density at radius 3 is 2.35 bits per heavy atom. The lowest BCUT2D eigenvalue weighted by atomic mass is 9.95. The minimum Gasteiger partial charge on any atom is -0.329 e. The molecule has 1 saturated heterocycles. The summed E-state index contributed by atoms with van der Waals surface area (Å²) in [5, 5.41) is 0. The van der Waals surface area contributed by atoms with Gasteiger partial charge in [0.1, 0.15) is 0 Å². The van der Waals surface area contributed by atoms with E-state index in [9.17, 15) is 8.42 Å². The van der Waals surface area contributed by atoms with Crippen LogP contribution in [0.2, 0.25) is 0 Å². The molecule has 17 heavy (non-hydrogen) atoms. The Hall–Kier alpha value is -0.130. The Bertz CT molecular complexity index is 401. The third-order valence-corrected chi connectivity index (χ3v) is 6.30. The van der Waals surface area contributed by atoms with E-state index < -0.39 is 9.84 Å². The van der Waals surface area contributed by atoms with Crippen LogP contribution < -0.4 is 5.73 Å². The van der Waals surface area contributed by atoms with E-state index in [1.54, 1.807) is 0 Å². The molecule has 3 fully saturated rings. The van der Waals surface area contributed by atoms with Crippen molar-refractivity contribution in [2.45, 2.75) is 43.7 Å². The Balaban J connectivity index is 1.81. The third kappa shape index (κ3) is 2.37. The summed E-state index contributed by atoms with van der Waals surface area (Å²) in [5.41, 5.74) is 5.71. The van der Waals surface area contributed by atoms with Crippen LogP contribution in [0.3, 0.4) is 0 Å². The molecule has 0 spiro atoms. The summed E-state index contributed by atoms with van der Waals surface area (Å²) >= 11 is 0. The van der Waals surface area contributed by atoms with Gasteiger partial charge in [0.05, 0.1) is 11.5 Å². The fourth-order valence-corrected chi connectivity index (χ4v) is 5.18. The zero-order valence-corrected chi connectivity index (χ0v) is 11.1. The van der Waals surface area contributed by atoms with Gasteiger partial charge in [-0.1, -0.05) is 0 Å². The van der Waals surface area contributed by atoms with Crippen molar-refractivity contribution in [2.75, 3.05) is 24.6 Å². The van der Waals surface area contributed by atoms with Crippen LogP contribution in [0.1, 0.15) is 32.1 Å². The molecule has 0 radical (unpaired) electrons. The second kappa shape index (κ2) is 3.93. The van der Waals surface area contributed by atoms with Crippen LogP contribution in [0.25, 0.3) is 0 Å². The molecule has 1 unspecified atom stereocenters. The van der Waals surface area contributed by atoms with Crippen molar-refractivity contribution >= 4 is 9.84 Å². The zero-order valence-electron chi connectivity index (χ0n) is 10.3. The maximum Gasteiger partial charge on any atom is 0.152 e. The SMILES string of the molecule is NCC1(N(CC2CC2)C2CC2)CCS(=O)(=O)C1. The Labute approximate surface area is 103 Å². The molecule has 0 bridgehead atoms. The van der Waals surface area contributed by atoms with Gasteiger partial charge in [0.25, 0.3) is 0 Å². The molecule has 4 nitrogen and oxygen atoms in total. The van der Waals surface area contributed by atoms with Crippen LogP contribution in [-0.2, 0) is 9.84 Å². The van der Waals surface area contributed by atoms with Gasteiger partial charge in [-0.05, 0) is 38.0 Å². The summed E-state index contributed by atoms with van der Waals surface area (Å²) < 4.78 is 23.5. The number of rotatable bonds is 5. The number of nitrogens with two attached hydrogens (primary N) is 1. The van der Waals surface area contributed by atoms with E-state index in [2.05, 4.69) is 4.90 Å². The van der Waals surface area contributed by atoms with Crippen LogP contribution in [0.5, 0.6) is 0 Å². The Morgan fingerprint density at radius 1 is 1.24 bits per heavy atom. The Morgan fingerprint density at radius 2 is 1.94 bits per heavy atom. The van der Waals surface area contributed by atoms with E-state index in [1.165, 1.54) is 25.7 Å². The maximum absolute atomic E-state index is 11.8. The molecule has 0 amide bonds. The first-order valence-electron chi connectivity index (χ1n) is 6.72. The van der Waals surface area contributed by atoms with E-state index >= 15 is 0 Å². The minimum atomic E-state index is -2.85. The summed E-state index contributed by atoms with van der Waals surface area (Å²) in [6.45, 7) is 1.58.